The van der Waals surface area contributed by atoms with Gasteiger partial charge in [-0.1, -0.05) is 12.8 Å². The van der Waals surface area contributed by atoms with E-state index in [0.29, 0.717) is 51.4 Å². The van der Waals surface area contributed by atoms with Crippen molar-refractivity contribution in [1.29, 1.82) is 0 Å². The van der Waals surface area contributed by atoms with Crippen LogP contribution in [0.4, 0.5) is 0 Å². The Hall–Kier alpha value is -1.78. The summed E-state index contributed by atoms with van der Waals surface area (Å²) in [7, 11) is 0. The van der Waals surface area contributed by atoms with Gasteiger partial charge in [-0.25, -0.2) is 0 Å². The highest BCUT2D eigenvalue weighted by molar-refractivity contribution is 5.78. The van der Waals surface area contributed by atoms with Gasteiger partial charge in [0.15, 0.2) is 0 Å². The number of amides is 2. The lowest BCUT2D eigenvalue weighted by atomic mass is 10.0. The number of rotatable bonds is 5. The standard InChI is InChI=1S/C19H28N2O3/c1-15-6-7-17(24-15)8-9-18(22)20-10-12-21(13-11-20)19(23)14-16-4-2-3-5-16/h6-7,16H,2-5,8-14H2,1H3. The van der Waals surface area contributed by atoms with Crippen LogP contribution in [-0.4, -0.2) is 47.8 Å². The van der Waals surface area contributed by atoms with Gasteiger partial charge in [0.1, 0.15) is 11.5 Å². The molecule has 2 amide bonds. The quantitative estimate of drug-likeness (QED) is 0.833. The van der Waals surface area contributed by atoms with Crippen LogP contribution >= 0.6 is 0 Å². The fourth-order valence-electron chi connectivity index (χ4n) is 3.80. The van der Waals surface area contributed by atoms with Gasteiger partial charge in [-0.2, -0.15) is 0 Å². The van der Waals surface area contributed by atoms with Gasteiger partial charge in [0.2, 0.25) is 11.8 Å². The van der Waals surface area contributed by atoms with E-state index in [1.54, 1.807) is 0 Å². The Morgan fingerprint density at radius 3 is 2.25 bits per heavy atom. The molecule has 0 radical (unpaired) electrons. The van der Waals surface area contributed by atoms with Crippen molar-refractivity contribution < 1.29 is 14.0 Å². The third-order valence-electron chi connectivity index (χ3n) is 5.30. The van der Waals surface area contributed by atoms with Gasteiger partial charge in [0.25, 0.3) is 0 Å². The summed E-state index contributed by atoms with van der Waals surface area (Å²) in [5.41, 5.74) is 0. The predicted molar refractivity (Wildman–Crippen MR) is 91.5 cm³/mol. The molecule has 24 heavy (non-hydrogen) atoms. The second-order valence-corrected chi connectivity index (χ2v) is 7.13. The molecule has 2 fully saturated rings. The molecule has 1 aliphatic heterocycles. The fraction of sp³-hybridized carbons (Fsp3) is 0.684. The number of hydrogen-bond acceptors (Lipinski definition) is 3. The Morgan fingerprint density at radius 1 is 1.04 bits per heavy atom. The molecule has 2 aliphatic rings. The minimum Gasteiger partial charge on any atom is -0.466 e. The van der Waals surface area contributed by atoms with E-state index in [1.807, 2.05) is 28.9 Å². The van der Waals surface area contributed by atoms with Crippen molar-refractivity contribution in [2.45, 2.75) is 51.9 Å². The maximum absolute atomic E-state index is 12.4. The fourth-order valence-corrected chi connectivity index (χ4v) is 3.80. The van der Waals surface area contributed by atoms with Crippen LogP contribution in [0.1, 0.15) is 50.0 Å². The summed E-state index contributed by atoms with van der Waals surface area (Å²) in [6.07, 6.45) is 6.78. The van der Waals surface area contributed by atoms with Crippen LogP contribution in [-0.2, 0) is 16.0 Å². The molecule has 1 saturated carbocycles. The van der Waals surface area contributed by atoms with E-state index in [2.05, 4.69) is 0 Å². The van der Waals surface area contributed by atoms with E-state index >= 15 is 0 Å². The minimum absolute atomic E-state index is 0.159. The van der Waals surface area contributed by atoms with Crippen LogP contribution in [0.5, 0.6) is 0 Å². The van der Waals surface area contributed by atoms with Crippen LogP contribution in [0.2, 0.25) is 0 Å². The van der Waals surface area contributed by atoms with Gasteiger partial charge in [0.05, 0.1) is 0 Å². The Morgan fingerprint density at radius 2 is 1.67 bits per heavy atom. The average molecular weight is 332 g/mol. The minimum atomic E-state index is 0.159. The number of carbonyl (C=O) groups excluding carboxylic acids is 2. The van der Waals surface area contributed by atoms with E-state index in [0.717, 1.165) is 11.5 Å². The highest BCUT2D eigenvalue weighted by atomic mass is 16.3. The SMILES string of the molecule is Cc1ccc(CCC(=O)N2CCN(C(=O)CC3CCCC3)CC2)o1. The van der Waals surface area contributed by atoms with Gasteiger partial charge in [-0.15, -0.1) is 0 Å². The Kier molecular flexibility index (Phi) is 5.59. The maximum Gasteiger partial charge on any atom is 0.223 e. The second-order valence-electron chi connectivity index (χ2n) is 7.13. The lowest BCUT2D eigenvalue weighted by Gasteiger charge is -2.35. The molecule has 1 saturated heterocycles. The smallest absolute Gasteiger partial charge is 0.223 e. The molecule has 0 unspecified atom stereocenters. The van der Waals surface area contributed by atoms with Gasteiger partial charge in [0, 0.05) is 45.4 Å². The number of furan rings is 1. The summed E-state index contributed by atoms with van der Waals surface area (Å²) in [6.45, 7) is 4.58. The second kappa shape index (κ2) is 7.86. The third kappa shape index (κ3) is 4.40. The highest BCUT2D eigenvalue weighted by Gasteiger charge is 2.26. The summed E-state index contributed by atoms with van der Waals surface area (Å²) in [6, 6.07) is 3.86. The molecule has 0 bridgehead atoms. The number of aryl methyl sites for hydroxylation is 2. The Bertz CT molecular complexity index is 567. The zero-order valence-corrected chi connectivity index (χ0v) is 14.6. The number of nitrogens with zero attached hydrogens (tertiary/aromatic N) is 2. The predicted octanol–water partition coefficient (Wildman–Crippen LogP) is 2.77. The molecule has 1 aromatic rings. The van der Waals surface area contributed by atoms with E-state index in [4.69, 9.17) is 4.42 Å². The first-order chi connectivity index (χ1) is 11.6. The average Bonchev–Trinajstić information content (AvgIpc) is 3.24. The number of piperazine rings is 1. The van der Waals surface area contributed by atoms with E-state index in [-0.39, 0.29) is 11.8 Å². The normalized spacial score (nSPS) is 19.0. The number of hydrogen-bond donors (Lipinski definition) is 0. The highest BCUT2D eigenvalue weighted by Crippen LogP contribution is 2.28. The largest absolute Gasteiger partial charge is 0.466 e. The van der Waals surface area contributed by atoms with Gasteiger partial charge < -0.3 is 14.2 Å². The van der Waals surface area contributed by atoms with Crippen molar-refractivity contribution >= 4 is 11.8 Å². The lowest BCUT2D eigenvalue weighted by Crippen LogP contribution is -2.50. The maximum atomic E-state index is 12.4. The summed E-state index contributed by atoms with van der Waals surface area (Å²) in [5, 5.41) is 0. The van der Waals surface area contributed by atoms with Crippen LogP contribution in [0, 0.1) is 12.8 Å². The van der Waals surface area contributed by atoms with Crippen molar-refractivity contribution in [2.75, 3.05) is 26.2 Å². The van der Waals surface area contributed by atoms with Crippen molar-refractivity contribution in [3.63, 3.8) is 0 Å². The molecule has 0 spiro atoms. The van der Waals surface area contributed by atoms with Crippen LogP contribution in [0.3, 0.4) is 0 Å². The molecular formula is C19H28N2O3. The Balaban J connectivity index is 1.39. The molecule has 1 aromatic heterocycles. The first kappa shape index (κ1) is 17.1. The molecule has 5 nitrogen and oxygen atoms in total. The van der Waals surface area contributed by atoms with Crippen molar-refractivity contribution in [1.82, 2.24) is 9.80 Å². The first-order valence-corrected chi connectivity index (χ1v) is 9.22. The first-order valence-electron chi connectivity index (χ1n) is 9.22. The zero-order valence-electron chi connectivity index (χ0n) is 14.6. The lowest BCUT2D eigenvalue weighted by molar-refractivity contribution is -0.140. The molecule has 0 aromatic carbocycles. The Labute approximate surface area is 144 Å². The van der Waals surface area contributed by atoms with E-state index < -0.39 is 0 Å². The van der Waals surface area contributed by atoms with Gasteiger partial charge in [-0.3, -0.25) is 9.59 Å². The monoisotopic (exact) mass is 332 g/mol. The van der Waals surface area contributed by atoms with Crippen molar-refractivity contribution in [3.8, 4) is 0 Å². The van der Waals surface area contributed by atoms with Crippen LogP contribution in [0.15, 0.2) is 16.5 Å². The van der Waals surface area contributed by atoms with Crippen LogP contribution in [0.25, 0.3) is 0 Å². The molecular weight excluding hydrogens is 304 g/mol. The van der Waals surface area contributed by atoms with Crippen LogP contribution < -0.4 is 0 Å². The molecule has 0 atom stereocenters. The summed E-state index contributed by atoms with van der Waals surface area (Å²) in [4.78, 5) is 28.5. The van der Waals surface area contributed by atoms with E-state index in [1.165, 1.54) is 25.7 Å². The molecule has 1 aliphatic carbocycles. The summed E-state index contributed by atoms with van der Waals surface area (Å²) < 4.78 is 5.51. The van der Waals surface area contributed by atoms with Crippen molar-refractivity contribution in [2.24, 2.45) is 5.92 Å². The summed E-state index contributed by atoms with van der Waals surface area (Å²) in [5.74, 6) is 2.78. The molecule has 132 valence electrons. The van der Waals surface area contributed by atoms with Gasteiger partial charge >= 0.3 is 0 Å². The molecule has 2 heterocycles. The molecule has 3 rings (SSSR count). The van der Waals surface area contributed by atoms with Crippen molar-refractivity contribution in [3.05, 3.63) is 23.7 Å². The molecule has 0 N–H and O–H groups in total. The topological polar surface area (TPSA) is 53.8 Å². The third-order valence-corrected chi connectivity index (χ3v) is 5.30. The number of carbonyl (C=O) groups is 2. The van der Waals surface area contributed by atoms with Gasteiger partial charge in [-0.05, 0) is 37.8 Å². The molecule has 5 heteroatoms. The van der Waals surface area contributed by atoms with E-state index in [9.17, 15) is 9.59 Å². The summed E-state index contributed by atoms with van der Waals surface area (Å²) >= 11 is 0. The zero-order chi connectivity index (χ0) is 16.9.